The van der Waals surface area contributed by atoms with E-state index < -0.39 is 0 Å². The summed E-state index contributed by atoms with van der Waals surface area (Å²) in [6, 6.07) is 21.4. The van der Waals surface area contributed by atoms with E-state index in [0.29, 0.717) is 5.92 Å². The van der Waals surface area contributed by atoms with Gasteiger partial charge in [-0.05, 0) is 55.1 Å². The molecule has 0 spiro atoms. The second-order valence-corrected chi connectivity index (χ2v) is 10.0. The van der Waals surface area contributed by atoms with Gasteiger partial charge in [0.15, 0.2) is 0 Å². The fraction of sp³-hybridized carbons (Fsp3) is 0.296. The molecule has 0 aliphatic carbocycles. The minimum absolute atomic E-state index is 0.365. The van der Waals surface area contributed by atoms with Gasteiger partial charge in [0, 0.05) is 60.3 Å². The highest BCUT2D eigenvalue weighted by Crippen LogP contribution is 2.35. The molecule has 5 nitrogen and oxygen atoms in total. The molecule has 2 aromatic carbocycles. The maximum Gasteiger partial charge on any atom is 0.129 e. The summed E-state index contributed by atoms with van der Waals surface area (Å²) >= 11 is 1.88. The largest absolute Gasteiger partial charge is 0.355 e. The van der Waals surface area contributed by atoms with E-state index >= 15 is 0 Å². The molecule has 166 valence electrons. The van der Waals surface area contributed by atoms with Crippen LogP contribution in [-0.2, 0) is 0 Å². The molecular formula is C27H27N5S. The van der Waals surface area contributed by atoms with Crippen molar-refractivity contribution in [2.24, 2.45) is 0 Å². The lowest BCUT2D eigenvalue weighted by molar-refractivity contribution is 0.380. The van der Waals surface area contributed by atoms with Gasteiger partial charge in [-0.2, -0.15) is 0 Å². The summed E-state index contributed by atoms with van der Waals surface area (Å²) in [7, 11) is 0. The highest BCUT2D eigenvalue weighted by molar-refractivity contribution is 7.97. The van der Waals surface area contributed by atoms with E-state index in [1.165, 1.54) is 42.6 Å². The van der Waals surface area contributed by atoms with Crippen molar-refractivity contribution in [2.75, 3.05) is 31.1 Å². The summed E-state index contributed by atoms with van der Waals surface area (Å²) in [5.41, 5.74) is 4.28. The molecule has 0 saturated carbocycles. The van der Waals surface area contributed by atoms with Crippen LogP contribution in [0, 0.1) is 0 Å². The molecule has 0 atom stereocenters. The molecule has 2 fully saturated rings. The first-order valence-electron chi connectivity index (χ1n) is 11.8. The maximum atomic E-state index is 4.85. The monoisotopic (exact) mass is 453 g/mol. The third-order valence-corrected chi connectivity index (χ3v) is 7.69. The summed E-state index contributed by atoms with van der Waals surface area (Å²) in [5.74, 6) is 1.40. The van der Waals surface area contributed by atoms with Gasteiger partial charge >= 0.3 is 0 Å². The highest BCUT2D eigenvalue weighted by Gasteiger charge is 2.32. The Bertz CT molecular complexity index is 1250. The first-order chi connectivity index (χ1) is 16.3. The molecule has 4 aromatic rings. The van der Waals surface area contributed by atoms with Gasteiger partial charge in [-0.15, -0.1) is 0 Å². The molecule has 2 aliphatic rings. The van der Waals surface area contributed by atoms with Crippen LogP contribution in [-0.4, -0.2) is 45.4 Å². The van der Waals surface area contributed by atoms with Crippen molar-refractivity contribution in [1.82, 2.24) is 19.3 Å². The van der Waals surface area contributed by atoms with E-state index in [9.17, 15) is 0 Å². The number of para-hydroxylation sites is 1. The normalized spacial score (nSPS) is 17.3. The zero-order valence-electron chi connectivity index (χ0n) is 18.6. The van der Waals surface area contributed by atoms with Crippen molar-refractivity contribution in [3.05, 3.63) is 78.8 Å². The number of rotatable bonds is 5. The quantitative estimate of drug-likeness (QED) is 0.357. The Hall–Kier alpha value is -2.96. The van der Waals surface area contributed by atoms with Crippen molar-refractivity contribution < 1.29 is 0 Å². The summed E-state index contributed by atoms with van der Waals surface area (Å²) < 4.78 is 2.48. The van der Waals surface area contributed by atoms with Crippen LogP contribution >= 0.6 is 11.9 Å². The lowest BCUT2D eigenvalue weighted by Crippen LogP contribution is -2.46. The van der Waals surface area contributed by atoms with Gasteiger partial charge in [0.25, 0.3) is 0 Å². The number of nitrogens with zero attached hydrogens (tertiary/aromatic N) is 5. The number of fused-ring (bicyclic) bond motifs is 1. The Morgan fingerprint density at radius 1 is 0.788 bits per heavy atom. The van der Waals surface area contributed by atoms with Crippen LogP contribution in [0.2, 0.25) is 0 Å². The van der Waals surface area contributed by atoms with E-state index in [-0.39, 0.29) is 0 Å². The lowest BCUT2D eigenvalue weighted by Gasteiger charge is -2.40. The molecule has 0 unspecified atom stereocenters. The van der Waals surface area contributed by atoms with Gasteiger partial charge in [-0.1, -0.05) is 36.8 Å². The second kappa shape index (κ2) is 9.12. The van der Waals surface area contributed by atoms with Crippen LogP contribution in [0.3, 0.4) is 0 Å². The Kier molecular flexibility index (Phi) is 5.70. The van der Waals surface area contributed by atoms with Crippen LogP contribution in [0.25, 0.3) is 22.2 Å². The van der Waals surface area contributed by atoms with Crippen molar-refractivity contribution in [3.8, 4) is 11.3 Å². The third-order valence-electron chi connectivity index (χ3n) is 6.58. The van der Waals surface area contributed by atoms with Gasteiger partial charge in [0.05, 0.1) is 16.9 Å². The number of hydrogen-bond acceptors (Lipinski definition) is 6. The lowest BCUT2D eigenvalue weighted by atomic mass is 9.92. The SMILES string of the molecule is c1ccc2nc(N3CC(c4nccnc4-c4ccc(SN5CCCCC5)cc4)C3)ccc2c1. The Balaban J connectivity index is 1.17. The number of piperidine rings is 1. The van der Waals surface area contributed by atoms with Crippen LogP contribution in [0.1, 0.15) is 30.9 Å². The summed E-state index contributed by atoms with van der Waals surface area (Å²) in [6.45, 7) is 4.20. The number of pyridine rings is 1. The molecule has 0 N–H and O–H groups in total. The van der Waals surface area contributed by atoms with Gasteiger partial charge < -0.3 is 4.90 Å². The average molecular weight is 454 g/mol. The predicted octanol–water partition coefficient (Wildman–Crippen LogP) is 5.79. The van der Waals surface area contributed by atoms with Gasteiger partial charge in [-0.25, -0.2) is 9.29 Å². The zero-order valence-corrected chi connectivity index (χ0v) is 19.4. The van der Waals surface area contributed by atoms with E-state index in [1.807, 2.05) is 24.2 Å². The van der Waals surface area contributed by atoms with E-state index in [4.69, 9.17) is 15.0 Å². The van der Waals surface area contributed by atoms with Gasteiger partial charge in [0.1, 0.15) is 5.82 Å². The molecule has 4 heterocycles. The predicted molar refractivity (Wildman–Crippen MR) is 135 cm³/mol. The average Bonchev–Trinajstić information content (AvgIpc) is 2.85. The number of anilines is 1. The fourth-order valence-corrected chi connectivity index (χ4v) is 5.72. The van der Waals surface area contributed by atoms with Crippen molar-refractivity contribution in [2.45, 2.75) is 30.1 Å². The Labute approximate surface area is 199 Å². The molecule has 2 aliphatic heterocycles. The first-order valence-corrected chi connectivity index (χ1v) is 12.6. The maximum absolute atomic E-state index is 4.85. The van der Waals surface area contributed by atoms with Gasteiger partial charge in [0.2, 0.25) is 0 Å². The van der Waals surface area contributed by atoms with Crippen LogP contribution in [0.4, 0.5) is 5.82 Å². The third kappa shape index (κ3) is 4.33. The van der Waals surface area contributed by atoms with Crippen molar-refractivity contribution in [1.29, 1.82) is 0 Å². The molecule has 6 rings (SSSR count). The topological polar surface area (TPSA) is 45.2 Å². The molecule has 0 bridgehead atoms. The zero-order chi connectivity index (χ0) is 22.0. The van der Waals surface area contributed by atoms with E-state index in [0.717, 1.165) is 41.4 Å². The van der Waals surface area contributed by atoms with Crippen LogP contribution in [0.15, 0.2) is 78.0 Å². The Morgan fingerprint density at radius 3 is 2.42 bits per heavy atom. The highest BCUT2D eigenvalue weighted by atomic mass is 32.2. The van der Waals surface area contributed by atoms with Gasteiger partial charge in [-0.3, -0.25) is 9.97 Å². The first kappa shape index (κ1) is 20.6. The summed E-state index contributed by atoms with van der Waals surface area (Å²) in [6.07, 6.45) is 7.59. The van der Waals surface area contributed by atoms with E-state index in [1.54, 1.807) is 6.20 Å². The van der Waals surface area contributed by atoms with E-state index in [2.05, 4.69) is 63.8 Å². The minimum atomic E-state index is 0.365. The number of benzene rings is 2. The molecule has 2 aromatic heterocycles. The van der Waals surface area contributed by atoms with Crippen LogP contribution < -0.4 is 4.90 Å². The van der Waals surface area contributed by atoms with Crippen molar-refractivity contribution >= 4 is 28.7 Å². The molecule has 0 radical (unpaired) electrons. The fourth-order valence-electron chi connectivity index (χ4n) is 4.72. The minimum Gasteiger partial charge on any atom is -0.355 e. The smallest absolute Gasteiger partial charge is 0.129 e. The standard InChI is InChI=1S/C27H27N5S/c1-4-16-32(17-5-1)33-23-11-8-21(9-12-23)26-27(29-15-14-28-26)22-18-31(19-22)25-13-10-20-6-2-3-7-24(20)30-25/h2-3,6-15,22H,1,4-5,16-19H2. The summed E-state index contributed by atoms with van der Waals surface area (Å²) in [4.78, 5) is 17.9. The molecule has 2 saturated heterocycles. The summed E-state index contributed by atoms with van der Waals surface area (Å²) in [5, 5.41) is 1.18. The molecule has 33 heavy (non-hydrogen) atoms. The molecule has 6 heteroatoms. The molecular weight excluding hydrogens is 426 g/mol. The number of aromatic nitrogens is 3. The second-order valence-electron chi connectivity index (χ2n) is 8.86. The number of hydrogen-bond donors (Lipinski definition) is 0. The molecule has 0 amide bonds. The van der Waals surface area contributed by atoms with Crippen molar-refractivity contribution in [3.63, 3.8) is 0 Å². The van der Waals surface area contributed by atoms with Crippen LogP contribution in [0.5, 0.6) is 0 Å². The Morgan fingerprint density at radius 2 is 1.58 bits per heavy atom.